The highest BCUT2D eigenvalue weighted by molar-refractivity contribution is 5.66. The predicted octanol–water partition coefficient (Wildman–Crippen LogP) is 7.66. The first-order valence-electron chi connectivity index (χ1n) is 16.9. The highest BCUT2D eigenvalue weighted by atomic mass is 16.4. The molecule has 41 heavy (non-hydrogen) atoms. The van der Waals surface area contributed by atoms with E-state index in [9.17, 15) is 19.5 Å². The summed E-state index contributed by atoms with van der Waals surface area (Å²) in [4.78, 5) is 32.9. The van der Waals surface area contributed by atoms with E-state index < -0.39 is 17.9 Å². The van der Waals surface area contributed by atoms with Crippen LogP contribution in [0.1, 0.15) is 161 Å². The molecule has 2 N–H and O–H groups in total. The van der Waals surface area contributed by atoms with E-state index in [0.717, 1.165) is 75.6 Å². The Morgan fingerprint density at radius 1 is 0.512 bits per heavy atom. The number of nitrogens with zero attached hydrogens (tertiary/aromatic N) is 1. The Balaban J connectivity index is 4.44. The van der Waals surface area contributed by atoms with Crippen molar-refractivity contribution in [3.63, 3.8) is 0 Å². The van der Waals surface area contributed by atoms with Crippen LogP contribution in [0.2, 0.25) is 0 Å². The number of hydrogen-bond donors (Lipinski definition) is 2. The van der Waals surface area contributed by atoms with E-state index in [1.165, 1.54) is 70.6 Å². The first kappa shape index (κ1) is 39.1. The number of unbranched alkanes of at least 4 members (excludes halogenated alkanes) is 16. The third-order valence-electron chi connectivity index (χ3n) is 8.20. The number of carboxylic acid groups (broad SMARTS) is 3. The molecule has 0 aliphatic carbocycles. The lowest BCUT2D eigenvalue weighted by Gasteiger charge is -2.39. The number of hydrogen-bond acceptors (Lipinski definition) is 4. The van der Waals surface area contributed by atoms with Crippen LogP contribution in [-0.2, 0) is 14.4 Å². The fourth-order valence-corrected chi connectivity index (χ4v) is 5.71. The molecule has 0 aromatic carbocycles. The molecule has 0 heterocycles. The van der Waals surface area contributed by atoms with E-state index in [2.05, 4.69) is 19.1 Å². The van der Waals surface area contributed by atoms with Crippen LogP contribution in [0.15, 0.2) is 12.2 Å². The topological polar surface area (TPSA) is 115 Å². The zero-order chi connectivity index (χ0) is 30.4. The lowest BCUT2D eigenvalue weighted by molar-refractivity contribution is -0.929. The second-order valence-corrected chi connectivity index (χ2v) is 12.1. The van der Waals surface area contributed by atoms with Crippen LogP contribution in [0.4, 0.5) is 0 Å². The van der Waals surface area contributed by atoms with Crippen LogP contribution in [0, 0.1) is 0 Å². The van der Waals surface area contributed by atoms with Gasteiger partial charge in [-0.2, -0.15) is 0 Å². The minimum atomic E-state index is -1.02. The molecule has 0 aromatic rings. The average molecular weight is 582 g/mol. The Bertz CT molecular complexity index is 623. The lowest BCUT2D eigenvalue weighted by Crippen LogP contribution is -2.51. The second kappa shape index (κ2) is 28.2. The van der Waals surface area contributed by atoms with Gasteiger partial charge in [0, 0.05) is 18.8 Å². The summed E-state index contributed by atoms with van der Waals surface area (Å²) in [5.74, 6) is -2.58. The van der Waals surface area contributed by atoms with Gasteiger partial charge >= 0.3 is 11.9 Å². The van der Waals surface area contributed by atoms with Crippen LogP contribution in [0.5, 0.6) is 0 Å². The molecule has 0 spiro atoms. The molecule has 0 amide bonds. The second-order valence-electron chi connectivity index (χ2n) is 12.1. The number of quaternary nitrogens is 1. The summed E-state index contributed by atoms with van der Waals surface area (Å²) in [6.07, 6.45) is 28.6. The first-order valence-corrected chi connectivity index (χ1v) is 16.9. The standard InChI is InChI=1S/C34H63NO6/c1-2-3-4-5-6-7-8-9-10-11-12-13-14-15-16-17-21-28-35(29-22-18-25-32(36)37,30-23-19-26-33(38)39)31-24-20-27-34(40)41/h14-15H,2-13,16-31H2,1H3,(H2-,36,37,38,39,40,41)/b15-14+. The summed E-state index contributed by atoms with van der Waals surface area (Å²) in [7, 11) is 0. The summed E-state index contributed by atoms with van der Waals surface area (Å²) >= 11 is 0. The minimum absolute atomic E-state index is 0.0575. The molecular formula is C34H63NO6. The minimum Gasteiger partial charge on any atom is -0.550 e. The molecule has 0 radical (unpaired) electrons. The zero-order valence-corrected chi connectivity index (χ0v) is 26.4. The summed E-state index contributed by atoms with van der Waals surface area (Å²) in [6, 6.07) is 0. The van der Waals surface area contributed by atoms with E-state index in [-0.39, 0.29) is 19.3 Å². The van der Waals surface area contributed by atoms with Gasteiger partial charge in [-0.1, -0.05) is 83.3 Å². The number of allylic oxidation sites excluding steroid dienone is 2. The van der Waals surface area contributed by atoms with Crippen molar-refractivity contribution >= 4 is 17.9 Å². The van der Waals surface area contributed by atoms with Gasteiger partial charge in [0.1, 0.15) is 0 Å². The summed E-state index contributed by atoms with van der Waals surface area (Å²) in [5, 5.41) is 28.9. The zero-order valence-electron chi connectivity index (χ0n) is 26.4. The summed E-state index contributed by atoms with van der Waals surface area (Å²) in [5.41, 5.74) is 0. The maximum Gasteiger partial charge on any atom is 0.303 e. The van der Waals surface area contributed by atoms with Crippen LogP contribution in [-0.4, -0.2) is 58.8 Å². The van der Waals surface area contributed by atoms with E-state index in [0.29, 0.717) is 19.3 Å². The van der Waals surface area contributed by atoms with E-state index in [4.69, 9.17) is 10.2 Å². The third-order valence-corrected chi connectivity index (χ3v) is 8.20. The Labute approximate surface area is 251 Å². The van der Waals surface area contributed by atoms with Crippen LogP contribution in [0.25, 0.3) is 0 Å². The highest BCUT2D eigenvalue weighted by Gasteiger charge is 2.26. The van der Waals surface area contributed by atoms with Crippen molar-refractivity contribution in [2.75, 3.05) is 26.2 Å². The molecule has 0 aliphatic rings. The fourth-order valence-electron chi connectivity index (χ4n) is 5.71. The Hall–Kier alpha value is -1.89. The molecular weight excluding hydrogens is 518 g/mol. The molecule has 0 bridgehead atoms. The predicted molar refractivity (Wildman–Crippen MR) is 166 cm³/mol. The molecule has 0 saturated carbocycles. The van der Waals surface area contributed by atoms with Gasteiger partial charge in [-0.3, -0.25) is 9.59 Å². The smallest absolute Gasteiger partial charge is 0.303 e. The molecule has 240 valence electrons. The van der Waals surface area contributed by atoms with Crippen molar-refractivity contribution in [3.8, 4) is 0 Å². The van der Waals surface area contributed by atoms with Crippen molar-refractivity contribution in [1.29, 1.82) is 0 Å². The molecule has 0 fully saturated rings. The molecule has 0 rings (SSSR count). The largest absolute Gasteiger partial charge is 0.550 e. The van der Waals surface area contributed by atoms with Crippen molar-refractivity contribution in [3.05, 3.63) is 12.2 Å². The van der Waals surface area contributed by atoms with E-state index >= 15 is 0 Å². The average Bonchev–Trinajstić information content (AvgIpc) is 2.93. The Morgan fingerprint density at radius 2 is 0.854 bits per heavy atom. The van der Waals surface area contributed by atoms with Crippen molar-refractivity contribution < 1.29 is 34.2 Å². The van der Waals surface area contributed by atoms with Gasteiger partial charge in [0.05, 0.1) is 26.2 Å². The Morgan fingerprint density at radius 3 is 1.24 bits per heavy atom. The van der Waals surface area contributed by atoms with Gasteiger partial charge in [-0.05, 0) is 77.0 Å². The molecule has 0 saturated heterocycles. The number of rotatable bonds is 32. The van der Waals surface area contributed by atoms with Gasteiger partial charge in [0.25, 0.3) is 0 Å². The fraction of sp³-hybridized carbons (Fsp3) is 0.853. The molecule has 0 aromatic heterocycles. The summed E-state index contributed by atoms with van der Waals surface area (Å²) in [6.45, 7) is 5.81. The first-order chi connectivity index (χ1) is 19.8. The molecule has 7 nitrogen and oxygen atoms in total. The maximum atomic E-state index is 11.0. The highest BCUT2D eigenvalue weighted by Crippen LogP contribution is 2.19. The number of carbonyl (C=O) groups is 3. The van der Waals surface area contributed by atoms with Crippen LogP contribution >= 0.6 is 0 Å². The number of aliphatic carboxylic acids is 3. The van der Waals surface area contributed by atoms with Gasteiger partial charge in [0.2, 0.25) is 0 Å². The van der Waals surface area contributed by atoms with Crippen LogP contribution in [0.3, 0.4) is 0 Å². The van der Waals surface area contributed by atoms with Gasteiger partial charge < -0.3 is 24.6 Å². The SMILES string of the molecule is CCCCCCCCCCCCC/C=C/CCCC[N+](CCCCC(=O)[O-])(CCCCC(=O)O)CCCCC(=O)O. The number of carbonyl (C=O) groups excluding carboxylic acids is 1. The Kier molecular flexibility index (Phi) is 26.9. The van der Waals surface area contributed by atoms with Crippen LogP contribution < -0.4 is 5.11 Å². The van der Waals surface area contributed by atoms with Gasteiger partial charge in [-0.15, -0.1) is 0 Å². The molecule has 0 aliphatic heterocycles. The van der Waals surface area contributed by atoms with E-state index in [1.54, 1.807) is 0 Å². The van der Waals surface area contributed by atoms with Gasteiger partial charge in [-0.25, -0.2) is 0 Å². The van der Waals surface area contributed by atoms with Crippen molar-refractivity contribution in [2.24, 2.45) is 0 Å². The third kappa shape index (κ3) is 28.0. The molecule has 7 heteroatoms. The maximum absolute atomic E-state index is 11.0. The molecule has 0 atom stereocenters. The van der Waals surface area contributed by atoms with Crippen molar-refractivity contribution in [1.82, 2.24) is 0 Å². The monoisotopic (exact) mass is 581 g/mol. The number of carboxylic acids is 3. The van der Waals surface area contributed by atoms with Gasteiger partial charge in [0.15, 0.2) is 0 Å². The summed E-state index contributed by atoms with van der Waals surface area (Å²) < 4.78 is 0.828. The normalized spacial score (nSPS) is 11.8. The van der Waals surface area contributed by atoms with E-state index in [1.807, 2.05) is 0 Å². The van der Waals surface area contributed by atoms with Crippen molar-refractivity contribution in [2.45, 2.75) is 161 Å². The quantitative estimate of drug-likeness (QED) is 0.0479. The molecule has 0 unspecified atom stereocenters. The lowest BCUT2D eigenvalue weighted by atomic mass is 10.1.